The number of ether oxygens (including phenoxy) is 3. The topological polar surface area (TPSA) is 61.1 Å². The van der Waals surface area contributed by atoms with E-state index < -0.39 is 11.9 Å². The molecule has 2 aromatic rings. The average molecular weight is 384 g/mol. The first-order chi connectivity index (χ1) is 13.4. The van der Waals surface area contributed by atoms with E-state index in [0.29, 0.717) is 25.2 Å². The number of hydrogen-bond acceptors (Lipinski definition) is 5. The smallest absolute Gasteiger partial charge is 0.163 e. The van der Waals surface area contributed by atoms with Crippen molar-refractivity contribution in [3.8, 4) is 11.8 Å². The van der Waals surface area contributed by atoms with Crippen LogP contribution in [0, 0.1) is 17.8 Å². The minimum Gasteiger partial charge on any atom is -0.472 e. The molecule has 150 valence electrons. The standard InChI is InChI=1S/C23H28O5/c1-17(9-10-20(24)19-11-12-25-15-19)13-21(22-16-27-23(2,3)28-22)26-14-18-7-5-4-6-8-18/h4-8,11-12,15,17,20-22,24H,13-14,16H2,1-3H3/t17-,20?,21+,22-/m1/s1. The summed E-state index contributed by atoms with van der Waals surface area (Å²) in [5, 5.41) is 10.1. The maximum absolute atomic E-state index is 10.1. The van der Waals surface area contributed by atoms with Gasteiger partial charge in [0.25, 0.3) is 0 Å². The third-order valence-corrected chi connectivity index (χ3v) is 4.66. The van der Waals surface area contributed by atoms with E-state index >= 15 is 0 Å². The van der Waals surface area contributed by atoms with Gasteiger partial charge in [0.05, 0.1) is 31.8 Å². The van der Waals surface area contributed by atoms with Gasteiger partial charge in [0.2, 0.25) is 0 Å². The van der Waals surface area contributed by atoms with Crippen LogP contribution in [0.15, 0.2) is 53.3 Å². The summed E-state index contributed by atoms with van der Waals surface area (Å²) in [7, 11) is 0. The minimum absolute atomic E-state index is 0.0228. The maximum Gasteiger partial charge on any atom is 0.163 e. The Kier molecular flexibility index (Phi) is 6.93. The lowest BCUT2D eigenvalue weighted by Gasteiger charge is -2.25. The fourth-order valence-electron chi connectivity index (χ4n) is 3.15. The number of hydrogen-bond donors (Lipinski definition) is 1. The minimum atomic E-state index is -0.852. The van der Waals surface area contributed by atoms with Gasteiger partial charge in [-0.25, -0.2) is 0 Å². The van der Waals surface area contributed by atoms with Crippen LogP contribution in [0.25, 0.3) is 0 Å². The van der Waals surface area contributed by atoms with Crippen LogP contribution in [0.4, 0.5) is 0 Å². The fraction of sp³-hybridized carbons (Fsp3) is 0.478. The van der Waals surface area contributed by atoms with Crippen LogP contribution in [-0.2, 0) is 20.8 Å². The Morgan fingerprint density at radius 1 is 1.21 bits per heavy atom. The Bertz CT molecular complexity index is 772. The van der Waals surface area contributed by atoms with E-state index in [1.807, 2.05) is 51.1 Å². The van der Waals surface area contributed by atoms with E-state index in [4.69, 9.17) is 18.6 Å². The molecule has 3 rings (SSSR count). The number of aliphatic hydroxyl groups excluding tert-OH is 1. The molecule has 4 atom stereocenters. The predicted octanol–water partition coefficient (Wildman–Crippen LogP) is 4.08. The molecule has 1 saturated heterocycles. The number of aliphatic hydroxyl groups is 1. The maximum atomic E-state index is 10.1. The largest absolute Gasteiger partial charge is 0.472 e. The Balaban J connectivity index is 1.62. The highest BCUT2D eigenvalue weighted by Gasteiger charge is 2.38. The SMILES string of the molecule is C[C@H](C#CC(O)c1ccoc1)C[C@H](OCc1ccccc1)[C@H]1COC(C)(C)O1. The van der Waals surface area contributed by atoms with Gasteiger partial charge in [-0.1, -0.05) is 49.1 Å². The lowest BCUT2D eigenvalue weighted by molar-refractivity contribution is -0.159. The molecule has 1 aliphatic rings. The second-order valence-corrected chi connectivity index (χ2v) is 7.59. The molecule has 5 heteroatoms. The zero-order valence-electron chi connectivity index (χ0n) is 16.6. The van der Waals surface area contributed by atoms with Gasteiger partial charge in [-0.3, -0.25) is 0 Å². The number of benzene rings is 1. The molecule has 1 aliphatic heterocycles. The van der Waals surface area contributed by atoms with Crippen LogP contribution in [0.1, 0.15) is 44.4 Å². The highest BCUT2D eigenvalue weighted by atomic mass is 16.7. The van der Waals surface area contributed by atoms with Crippen molar-refractivity contribution < 1.29 is 23.7 Å². The monoisotopic (exact) mass is 384 g/mol. The summed E-state index contributed by atoms with van der Waals surface area (Å²) in [6, 6.07) is 11.8. The van der Waals surface area contributed by atoms with Crippen molar-refractivity contribution in [3.05, 3.63) is 60.1 Å². The Hall–Kier alpha value is -2.10. The quantitative estimate of drug-likeness (QED) is 0.729. The fourth-order valence-corrected chi connectivity index (χ4v) is 3.15. The highest BCUT2D eigenvalue weighted by molar-refractivity contribution is 5.21. The van der Waals surface area contributed by atoms with Crippen LogP contribution in [0.2, 0.25) is 0 Å². The van der Waals surface area contributed by atoms with Crippen molar-refractivity contribution >= 4 is 0 Å². The third kappa shape index (κ3) is 5.95. The zero-order valence-corrected chi connectivity index (χ0v) is 16.6. The molecule has 0 bridgehead atoms. The summed E-state index contributed by atoms with van der Waals surface area (Å²) >= 11 is 0. The molecule has 1 aromatic heterocycles. The van der Waals surface area contributed by atoms with Crippen LogP contribution >= 0.6 is 0 Å². The average Bonchev–Trinajstić information content (AvgIpc) is 3.33. The van der Waals surface area contributed by atoms with Gasteiger partial charge in [-0.2, -0.15) is 0 Å². The van der Waals surface area contributed by atoms with Gasteiger partial charge in [-0.05, 0) is 31.9 Å². The summed E-state index contributed by atoms with van der Waals surface area (Å²) in [5.41, 5.74) is 1.77. The molecule has 0 radical (unpaired) electrons. The van der Waals surface area contributed by atoms with Gasteiger partial charge in [0, 0.05) is 11.5 Å². The van der Waals surface area contributed by atoms with Crippen molar-refractivity contribution in [1.29, 1.82) is 0 Å². The molecule has 1 aromatic carbocycles. The lowest BCUT2D eigenvalue weighted by Crippen LogP contribution is -2.34. The number of rotatable bonds is 7. The Labute approximate surface area is 166 Å². The number of furan rings is 1. The highest BCUT2D eigenvalue weighted by Crippen LogP contribution is 2.28. The molecule has 0 amide bonds. The van der Waals surface area contributed by atoms with E-state index in [9.17, 15) is 5.11 Å². The van der Waals surface area contributed by atoms with Crippen molar-refractivity contribution in [2.75, 3.05) is 6.61 Å². The van der Waals surface area contributed by atoms with E-state index in [0.717, 1.165) is 5.56 Å². The molecule has 0 aliphatic carbocycles. The van der Waals surface area contributed by atoms with Gasteiger partial charge >= 0.3 is 0 Å². The molecule has 0 spiro atoms. The van der Waals surface area contributed by atoms with Crippen molar-refractivity contribution in [1.82, 2.24) is 0 Å². The third-order valence-electron chi connectivity index (χ3n) is 4.66. The van der Waals surface area contributed by atoms with Crippen LogP contribution in [0.5, 0.6) is 0 Å². The molecule has 5 nitrogen and oxygen atoms in total. The van der Waals surface area contributed by atoms with Crippen LogP contribution in [-0.4, -0.2) is 29.7 Å². The Morgan fingerprint density at radius 2 is 2.00 bits per heavy atom. The first-order valence-electron chi connectivity index (χ1n) is 9.61. The van der Waals surface area contributed by atoms with E-state index in [1.165, 1.54) is 12.5 Å². The van der Waals surface area contributed by atoms with E-state index in [-0.39, 0.29) is 18.1 Å². The summed E-state index contributed by atoms with van der Waals surface area (Å²) in [4.78, 5) is 0. The van der Waals surface area contributed by atoms with Gasteiger partial charge in [0.1, 0.15) is 12.2 Å². The van der Waals surface area contributed by atoms with Crippen molar-refractivity contribution in [2.45, 2.75) is 57.9 Å². The van der Waals surface area contributed by atoms with Crippen molar-refractivity contribution in [3.63, 3.8) is 0 Å². The second kappa shape index (κ2) is 9.40. The second-order valence-electron chi connectivity index (χ2n) is 7.59. The zero-order chi connectivity index (χ0) is 20.0. The van der Waals surface area contributed by atoms with Gasteiger partial charge in [-0.15, -0.1) is 0 Å². The van der Waals surface area contributed by atoms with E-state index in [1.54, 1.807) is 6.07 Å². The molecular weight excluding hydrogens is 356 g/mol. The van der Waals surface area contributed by atoms with Crippen LogP contribution < -0.4 is 0 Å². The van der Waals surface area contributed by atoms with Crippen LogP contribution in [0.3, 0.4) is 0 Å². The molecule has 1 fully saturated rings. The molecule has 1 N–H and O–H groups in total. The molecule has 2 heterocycles. The summed E-state index contributed by atoms with van der Waals surface area (Å²) < 4.78 is 22.9. The first-order valence-corrected chi connectivity index (χ1v) is 9.61. The predicted molar refractivity (Wildman–Crippen MR) is 105 cm³/mol. The van der Waals surface area contributed by atoms with Gasteiger partial charge in [0.15, 0.2) is 5.79 Å². The molecular formula is C23H28O5. The molecule has 0 saturated carbocycles. The van der Waals surface area contributed by atoms with E-state index in [2.05, 4.69) is 11.8 Å². The lowest BCUT2D eigenvalue weighted by atomic mass is 10.00. The summed E-state index contributed by atoms with van der Waals surface area (Å²) in [6.07, 6.45) is 2.55. The van der Waals surface area contributed by atoms with Gasteiger partial charge < -0.3 is 23.7 Å². The summed E-state index contributed by atoms with van der Waals surface area (Å²) in [5.74, 6) is 5.43. The normalized spacial score (nSPS) is 21.5. The molecule has 28 heavy (non-hydrogen) atoms. The molecule has 1 unspecified atom stereocenters. The first kappa shape index (κ1) is 20.6. The Morgan fingerprint density at radius 3 is 2.64 bits per heavy atom. The summed E-state index contributed by atoms with van der Waals surface area (Å²) in [6.45, 7) is 6.83. The van der Waals surface area contributed by atoms with Crippen molar-refractivity contribution in [2.24, 2.45) is 5.92 Å².